The zero-order valence-electron chi connectivity index (χ0n) is 7.42. The van der Waals surface area contributed by atoms with Gasteiger partial charge in [-0.1, -0.05) is 13.0 Å². The van der Waals surface area contributed by atoms with Crippen LogP contribution < -0.4 is 5.73 Å². The van der Waals surface area contributed by atoms with E-state index in [4.69, 9.17) is 5.73 Å². The van der Waals surface area contributed by atoms with Gasteiger partial charge in [0.25, 0.3) is 0 Å². The average Bonchev–Trinajstić information content (AvgIpc) is 2.52. The van der Waals surface area contributed by atoms with Crippen molar-refractivity contribution in [3.63, 3.8) is 0 Å². The minimum absolute atomic E-state index is 0.146. The van der Waals surface area contributed by atoms with Gasteiger partial charge in [0, 0.05) is 15.8 Å². The van der Waals surface area contributed by atoms with E-state index in [1.807, 2.05) is 17.4 Å². The highest BCUT2D eigenvalue weighted by Gasteiger charge is 2.05. The molecule has 12 heavy (non-hydrogen) atoms. The molecule has 1 rings (SSSR count). The van der Waals surface area contributed by atoms with Crippen LogP contribution in [0.4, 0.5) is 0 Å². The third-order valence-corrected chi connectivity index (χ3v) is 3.18. The predicted octanol–water partition coefficient (Wildman–Crippen LogP) is 2.89. The molecule has 0 spiro atoms. The van der Waals surface area contributed by atoms with Crippen LogP contribution in [0.3, 0.4) is 0 Å². The van der Waals surface area contributed by atoms with Gasteiger partial charge >= 0.3 is 0 Å². The summed E-state index contributed by atoms with van der Waals surface area (Å²) in [6.45, 7) is 5.84. The Bertz CT molecular complexity index is 252. The summed E-state index contributed by atoms with van der Waals surface area (Å²) < 4.78 is 0. The highest BCUT2D eigenvalue weighted by atomic mass is 32.1. The standard InChI is InChI=1S/C10H15NS/c1-3-5-9(11)10-7-6-8(4-2)12-10/h3,6-7,9H,1,4-5,11H2,2H3/t9-/m1/s1. The van der Waals surface area contributed by atoms with Gasteiger partial charge in [0.05, 0.1) is 0 Å². The first-order chi connectivity index (χ1) is 5.77. The van der Waals surface area contributed by atoms with Crippen LogP contribution in [0.25, 0.3) is 0 Å². The maximum atomic E-state index is 5.91. The van der Waals surface area contributed by atoms with E-state index in [2.05, 4.69) is 25.6 Å². The second kappa shape index (κ2) is 4.43. The first-order valence-corrected chi connectivity index (χ1v) is 5.04. The molecule has 0 aromatic carbocycles. The summed E-state index contributed by atoms with van der Waals surface area (Å²) >= 11 is 1.81. The fourth-order valence-corrected chi connectivity index (χ4v) is 2.05. The fraction of sp³-hybridized carbons (Fsp3) is 0.400. The van der Waals surface area contributed by atoms with Gasteiger partial charge in [-0.2, -0.15) is 0 Å². The summed E-state index contributed by atoms with van der Waals surface area (Å²) in [7, 11) is 0. The van der Waals surface area contributed by atoms with E-state index in [-0.39, 0.29) is 6.04 Å². The Morgan fingerprint density at radius 3 is 2.92 bits per heavy atom. The van der Waals surface area contributed by atoms with Gasteiger partial charge in [0.2, 0.25) is 0 Å². The Balaban J connectivity index is 2.67. The lowest BCUT2D eigenvalue weighted by atomic mass is 10.2. The molecule has 1 heterocycles. The van der Waals surface area contributed by atoms with Gasteiger partial charge < -0.3 is 5.73 Å². The molecule has 0 amide bonds. The average molecular weight is 181 g/mol. The molecule has 0 radical (unpaired) electrons. The molecule has 0 aliphatic rings. The second-order valence-electron chi connectivity index (χ2n) is 2.79. The SMILES string of the molecule is C=CC[C@@H](N)c1ccc(CC)s1. The molecule has 1 nitrogen and oxygen atoms in total. The molecule has 0 aliphatic heterocycles. The Labute approximate surface area is 77.9 Å². The quantitative estimate of drug-likeness (QED) is 0.710. The smallest absolute Gasteiger partial charge is 0.0424 e. The largest absolute Gasteiger partial charge is 0.323 e. The van der Waals surface area contributed by atoms with Gasteiger partial charge in [-0.25, -0.2) is 0 Å². The maximum absolute atomic E-state index is 5.91. The van der Waals surface area contributed by atoms with E-state index in [0.717, 1.165) is 12.8 Å². The Morgan fingerprint density at radius 2 is 2.42 bits per heavy atom. The molecule has 2 N–H and O–H groups in total. The molecule has 0 bridgehead atoms. The summed E-state index contributed by atoms with van der Waals surface area (Å²) in [5.41, 5.74) is 5.91. The number of rotatable bonds is 4. The first kappa shape index (κ1) is 9.49. The highest BCUT2D eigenvalue weighted by molar-refractivity contribution is 7.12. The number of nitrogens with two attached hydrogens (primary N) is 1. The Kier molecular flexibility index (Phi) is 3.50. The number of aryl methyl sites for hydroxylation is 1. The van der Waals surface area contributed by atoms with Crippen molar-refractivity contribution in [3.05, 3.63) is 34.5 Å². The summed E-state index contributed by atoms with van der Waals surface area (Å²) in [4.78, 5) is 2.68. The molecular formula is C10H15NS. The van der Waals surface area contributed by atoms with Crippen molar-refractivity contribution in [2.45, 2.75) is 25.8 Å². The zero-order chi connectivity index (χ0) is 8.97. The first-order valence-electron chi connectivity index (χ1n) is 4.23. The van der Waals surface area contributed by atoms with Crippen molar-refractivity contribution >= 4 is 11.3 Å². The lowest BCUT2D eigenvalue weighted by molar-refractivity contribution is 0.758. The summed E-state index contributed by atoms with van der Waals surface area (Å²) in [6.07, 6.45) is 3.84. The third-order valence-electron chi connectivity index (χ3n) is 1.82. The molecule has 66 valence electrons. The topological polar surface area (TPSA) is 26.0 Å². The fourth-order valence-electron chi connectivity index (χ4n) is 1.08. The molecule has 1 aromatic rings. The lowest BCUT2D eigenvalue weighted by Gasteiger charge is -2.04. The van der Waals surface area contributed by atoms with E-state index in [0.29, 0.717) is 0 Å². The summed E-state index contributed by atoms with van der Waals surface area (Å²) in [5.74, 6) is 0. The van der Waals surface area contributed by atoms with Crippen molar-refractivity contribution < 1.29 is 0 Å². The molecular weight excluding hydrogens is 166 g/mol. The highest BCUT2D eigenvalue weighted by Crippen LogP contribution is 2.24. The molecule has 0 saturated heterocycles. The molecule has 2 heteroatoms. The van der Waals surface area contributed by atoms with Gasteiger partial charge in [-0.3, -0.25) is 0 Å². The molecule has 0 saturated carbocycles. The van der Waals surface area contributed by atoms with Crippen LogP contribution in [0.2, 0.25) is 0 Å². The minimum atomic E-state index is 0.146. The Hall–Kier alpha value is -0.600. The molecule has 0 aliphatic carbocycles. The van der Waals surface area contributed by atoms with Crippen LogP contribution in [-0.2, 0) is 6.42 Å². The van der Waals surface area contributed by atoms with Crippen molar-refractivity contribution in [2.24, 2.45) is 5.73 Å². The van der Waals surface area contributed by atoms with Crippen LogP contribution in [-0.4, -0.2) is 0 Å². The van der Waals surface area contributed by atoms with Gasteiger partial charge in [-0.15, -0.1) is 17.9 Å². The molecule has 1 atom stereocenters. The van der Waals surface area contributed by atoms with E-state index in [1.165, 1.54) is 9.75 Å². The summed E-state index contributed by atoms with van der Waals surface area (Å²) in [6, 6.07) is 4.42. The van der Waals surface area contributed by atoms with E-state index in [9.17, 15) is 0 Å². The van der Waals surface area contributed by atoms with Crippen LogP contribution >= 0.6 is 11.3 Å². The number of hydrogen-bond donors (Lipinski definition) is 1. The van der Waals surface area contributed by atoms with E-state index in [1.54, 1.807) is 0 Å². The van der Waals surface area contributed by atoms with Crippen LogP contribution in [0.15, 0.2) is 24.8 Å². The van der Waals surface area contributed by atoms with E-state index >= 15 is 0 Å². The Morgan fingerprint density at radius 1 is 1.67 bits per heavy atom. The van der Waals surface area contributed by atoms with Crippen LogP contribution in [0, 0.1) is 0 Å². The monoisotopic (exact) mass is 181 g/mol. The third kappa shape index (κ3) is 2.19. The van der Waals surface area contributed by atoms with Gasteiger partial charge in [-0.05, 0) is 25.0 Å². The number of thiophene rings is 1. The normalized spacial score (nSPS) is 12.8. The summed E-state index contributed by atoms with van der Waals surface area (Å²) in [5, 5.41) is 0. The maximum Gasteiger partial charge on any atom is 0.0424 e. The lowest BCUT2D eigenvalue weighted by Crippen LogP contribution is -2.06. The van der Waals surface area contributed by atoms with Gasteiger partial charge in [0.1, 0.15) is 0 Å². The van der Waals surface area contributed by atoms with E-state index < -0.39 is 0 Å². The van der Waals surface area contributed by atoms with Crippen LogP contribution in [0.5, 0.6) is 0 Å². The second-order valence-corrected chi connectivity index (χ2v) is 3.99. The molecule has 0 fully saturated rings. The minimum Gasteiger partial charge on any atom is -0.323 e. The predicted molar refractivity (Wildman–Crippen MR) is 55.4 cm³/mol. The van der Waals surface area contributed by atoms with Crippen molar-refractivity contribution in [2.75, 3.05) is 0 Å². The zero-order valence-corrected chi connectivity index (χ0v) is 8.23. The van der Waals surface area contributed by atoms with Gasteiger partial charge in [0.15, 0.2) is 0 Å². The van der Waals surface area contributed by atoms with Crippen molar-refractivity contribution in [3.8, 4) is 0 Å². The molecule has 0 unspecified atom stereocenters. The van der Waals surface area contributed by atoms with Crippen molar-refractivity contribution in [1.29, 1.82) is 0 Å². The molecule has 1 aromatic heterocycles. The van der Waals surface area contributed by atoms with Crippen molar-refractivity contribution in [1.82, 2.24) is 0 Å². The number of hydrogen-bond acceptors (Lipinski definition) is 2. The van der Waals surface area contributed by atoms with Crippen LogP contribution in [0.1, 0.15) is 29.1 Å².